The first-order chi connectivity index (χ1) is 13.4. The first-order valence-corrected chi connectivity index (χ1v) is 9.99. The fourth-order valence-electron chi connectivity index (χ4n) is 2.64. The average molecular weight is 399 g/mol. The number of benzene rings is 3. The van der Waals surface area contributed by atoms with Crippen molar-refractivity contribution in [3.63, 3.8) is 0 Å². The average Bonchev–Trinajstić information content (AvgIpc) is 2.69. The Hall–Kier alpha value is -3.19. The number of methoxy groups -OCH3 is 2. The topological polar surface area (TPSA) is 73.9 Å². The van der Waals surface area contributed by atoms with Gasteiger partial charge in [-0.2, -0.15) is 0 Å². The zero-order chi connectivity index (χ0) is 20.1. The Morgan fingerprint density at radius 3 is 2.29 bits per heavy atom. The fourth-order valence-corrected chi connectivity index (χ4v) is 3.90. The molecule has 3 aromatic rings. The molecule has 0 saturated heterocycles. The summed E-state index contributed by atoms with van der Waals surface area (Å²) in [6.45, 7) is 1.95. The molecule has 0 bridgehead atoms. The third-order valence-corrected chi connectivity index (χ3v) is 5.40. The summed E-state index contributed by atoms with van der Waals surface area (Å²) in [5.74, 6) is 1.63. The number of hydrogen-bond donors (Lipinski definition) is 1. The first-order valence-electron chi connectivity index (χ1n) is 8.51. The summed E-state index contributed by atoms with van der Waals surface area (Å²) in [5, 5.41) is 0. The van der Waals surface area contributed by atoms with Gasteiger partial charge in [0.2, 0.25) is 0 Å². The fraction of sp³-hybridized carbons (Fsp3) is 0.143. The molecule has 1 N–H and O–H groups in total. The van der Waals surface area contributed by atoms with E-state index in [-0.39, 0.29) is 10.6 Å². The molecule has 0 saturated carbocycles. The Balaban J connectivity index is 1.96. The summed E-state index contributed by atoms with van der Waals surface area (Å²) >= 11 is 0. The summed E-state index contributed by atoms with van der Waals surface area (Å²) in [7, 11) is -1.07. The Morgan fingerprint density at radius 1 is 0.786 bits per heavy atom. The lowest BCUT2D eigenvalue weighted by Gasteiger charge is -2.15. The van der Waals surface area contributed by atoms with Crippen LogP contribution in [0.15, 0.2) is 71.6 Å². The minimum Gasteiger partial charge on any atom is -0.497 e. The standard InChI is InChI=1S/C21H21NO5S/c1-15-7-6-8-17(13-15)27-19-10-5-4-9-18(19)22-28(23,24)21-14-16(25-2)11-12-20(21)26-3/h4-14,22H,1-3H3. The molecule has 0 radical (unpaired) electrons. The van der Waals surface area contributed by atoms with Gasteiger partial charge < -0.3 is 14.2 Å². The van der Waals surface area contributed by atoms with E-state index in [2.05, 4.69) is 4.72 Å². The minimum atomic E-state index is -3.95. The van der Waals surface area contributed by atoms with Crippen molar-refractivity contribution in [1.82, 2.24) is 0 Å². The van der Waals surface area contributed by atoms with Crippen molar-refractivity contribution in [1.29, 1.82) is 0 Å². The Bertz CT molecular complexity index is 1080. The van der Waals surface area contributed by atoms with Gasteiger partial charge in [-0.15, -0.1) is 0 Å². The van der Waals surface area contributed by atoms with Crippen LogP contribution in [-0.4, -0.2) is 22.6 Å². The normalized spacial score (nSPS) is 11.0. The van der Waals surface area contributed by atoms with E-state index in [1.807, 2.05) is 31.2 Å². The van der Waals surface area contributed by atoms with Crippen LogP contribution in [-0.2, 0) is 10.0 Å². The van der Waals surface area contributed by atoms with E-state index in [0.29, 0.717) is 22.9 Å². The highest BCUT2D eigenvalue weighted by atomic mass is 32.2. The Kier molecular flexibility index (Phi) is 5.75. The molecule has 28 heavy (non-hydrogen) atoms. The van der Waals surface area contributed by atoms with Gasteiger partial charge in [-0.3, -0.25) is 4.72 Å². The SMILES string of the molecule is COc1ccc(OC)c(S(=O)(=O)Nc2ccccc2Oc2cccc(C)c2)c1. The number of anilines is 1. The number of sulfonamides is 1. The van der Waals surface area contributed by atoms with Crippen LogP contribution in [0.4, 0.5) is 5.69 Å². The Morgan fingerprint density at radius 2 is 1.57 bits per heavy atom. The van der Waals surface area contributed by atoms with Gasteiger partial charge in [0, 0.05) is 6.07 Å². The van der Waals surface area contributed by atoms with Crippen LogP contribution in [0.2, 0.25) is 0 Å². The molecule has 3 aromatic carbocycles. The van der Waals surface area contributed by atoms with E-state index < -0.39 is 10.0 Å². The quantitative estimate of drug-likeness (QED) is 0.628. The Labute approximate surface area is 164 Å². The smallest absolute Gasteiger partial charge is 0.265 e. The van der Waals surface area contributed by atoms with Crippen molar-refractivity contribution in [2.45, 2.75) is 11.8 Å². The molecule has 146 valence electrons. The molecule has 0 spiro atoms. The van der Waals surface area contributed by atoms with Gasteiger partial charge >= 0.3 is 0 Å². The van der Waals surface area contributed by atoms with Crippen molar-refractivity contribution in [3.05, 3.63) is 72.3 Å². The molecule has 6 nitrogen and oxygen atoms in total. The number of hydrogen-bond acceptors (Lipinski definition) is 5. The van der Waals surface area contributed by atoms with Crippen LogP contribution in [0.1, 0.15) is 5.56 Å². The second kappa shape index (κ2) is 8.22. The lowest BCUT2D eigenvalue weighted by molar-refractivity contribution is 0.392. The van der Waals surface area contributed by atoms with Gasteiger partial charge in [-0.25, -0.2) is 8.42 Å². The predicted molar refractivity (Wildman–Crippen MR) is 108 cm³/mol. The van der Waals surface area contributed by atoms with Crippen LogP contribution < -0.4 is 18.9 Å². The molecule has 0 aliphatic carbocycles. The lowest BCUT2D eigenvalue weighted by Crippen LogP contribution is -2.14. The van der Waals surface area contributed by atoms with Crippen LogP contribution in [0.25, 0.3) is 0 Å². The molecule has 7 heteroatoms. The van der Waals surface area contributed by atoms with Gasteiger partial charge in [0.15, 0.2) is 5.75 Å². The number of para-hydroxylation sites is 2. The summed E-state index contributed by atoms with van der Waals surface area (Å²) in [4.78, 5) is -0.0280. The predicted octanol–water partition coefficient (Wildman–Crippen LogP) is 4.61. The van der Waals surface area contributed by atoms with Crippen LogP contribution in [0.5, 0.6) is 23.0 Å². The zero-order valence-electron chi connectivity index (χ0n) is 15.8. The van der Waals surface area contributed by atoms with E-state index >= 15 is 0 Å². The third-order valence-electron chi connectivity index (χ3n) is 4.01. The van der Waals surface area contributed by atoms with Crippen molar-refractivity contribution in [2.75, 3.05) is 18.9 Å². The summed E-state index contributed by atoms with van der Waals surface area (Å²) in [6, 6.07) is 18.9. The maximum Gasteiger partial charge on any atom is 0.265 e. The van der Waals surface area contributed by atoms with Gasteiger partial charge in [-0.1, -0.05) is 24.3 Å². The van der Waals surface area contributed by atoms with Crippen molar-refractivity contribution < 1.29 is 22.6 Å². The maximum atomic E-state index is 13.0. The molecule has 0 aliphatic heterocycles. The van der Waals surface area contributed by atoms with E-state index in [1.165, 1.54) is 20.3 Å². The van der Waals surface area contributed by atoms with Crippen molar-refractivity contribution >= 4 is 15.7 Å². The van der Waals surface area contributed by atoms with Gasteiger partial charge in [-0.05, 0) is 48.9 Å². The minimum absolute atomic E-state index is 0.0280. The molecular weight excluding hydrogens is 378 g/mol. The first kappa shape index (κ1) is 19.6. The molecule has 0 atom stereocenters. The number of nitrogens with one attached hydrogen (secondary N) is 1. The molecule has 0 aliphatic rings. The summed E-state index contributed by atoms with van der Waals surface area (Å²) in [5.41, 5.74) is 1.35. The highest BCUT2D eigenvalue weighted by Gasteiger charge is 2.22. The maximum absolute atomic E-state index is 13.0. The molecule has 0 heterocycles. The number of aryl methyl sites for hydroxylation is 1. The van der Waals surface area contributed by atoms with Crippen molar-refractivity contribution in [3.8, 4) is 23.0 Å². The van der Waals surface area contributed by atoms with Gasteiger partial charge in [0.05, 0.1) is 19.9 Å². The highest BCUT2D eigenvalue weighted by molar-refractivity contribution is 7.92. The van der Waals surface area contributed by atoms with Crippen LogP contribution in [0.3, 0.4) is 0 Å². The van der Waals surface area contributed by atoms with E-state index in [0.717, 1.165) is 5.56 Å². The summed E-state index contributed by atoms with van der Waals surface area (Å²) in [6.07, 6.45) is 0. The molecular formula is C21H21NO5S. The third kappa shape index (κ3) is 4.37. The monoisotopic (exact) mass is 399 g/mol. The van der Waals surface area contributed by atoms with E-state index in [1.54, 1.807) is 36.4 Å². The number of ether oxygens (including phenoxy) is 3. The molecule has 3 rings (SSSR count). The highest BCUT2D eigenvalue weighted by Crippen LogP contribution is 2.34. The second-order valence-electron chi connectivity index (χ2n) is 6.04. The summed E-state index contributed by atoms with van der Waals surface area (Å²) < 4.78 is 44.8. The lowest BCUT2D eigenvalue weighted by atomic mass is 10.2. The molecule has 0 aromatic heterocycles. The van der Waals surface area contributed by atoms with E-state index in [9.17, 15) is 8.42 Å². The zero-order valence-corrected chi connectivity index (χ0v) is 16.6. The van der Waals surface area contributed by atoms with Crippen LogP contribution in [0, 0.1) is 6.92 Å². The van der Waals surface area contributed by atoms with Crippen molar-refractivity contribution in [2.24, 2.45) is 0 Å². The number of rotatable bonds is 7. The second-order valence-corrected chi connectivity index (χ2v) is 7.69. The molecule has 0 unspecified atom stereocenters. The largest absolute Gasteiger partial charge is 0.497 e. The molecule has 0 amide bonds. The van der Waals surface area contributed by atoms with Gasteiger partial charge in [0.25, 0.3) is 10.0 Å². The van der Waals surface area contributed by atoms with Gasteiger partial charge in [0.1, 0.15) is 22.1 Å². The molecule has 0 fully saturated rings. The van der Waals surface area contributed by atoms with Crippen LogP contribution >= 0.6 is 0 Å². The van der Waals surface area contributed by atoms with E-state index in [4.69, 9.17) is 14.2 Å².